The van der Waals surface area contributed by atoms with Gasteiger partial charge in [-0.1, -0.05) is 12.5 Å². The highest BCUT2D eigenvalue weighted by Gasteiger charge is 2.36. The number of rotatable bonds is 8. The van der Waals surface area contributed by atoms with E-state index < -0.39 is 18.1 Å². The van der Waals surface area contributed by atoms with Crippen LogP contribution in [-0.2, 0) is 17.6 Å². The number of alkyl halides is 2. The summed E-state index contributed by atoms with van der Waals surface area (Å²) in [5, 5.41) is 3.34. The number of aromatic nitrogens is 1. The van der Waals surface area contributed by atoms with E-state index in [-0.39, 0.29) is 12.1 Å². The molecule has 3 rings (SSSR count). The number of anilines is 1. The van der Waals surface area contributed by atoms with E-state index in [0.717, 1.165) is 43.7 Å². The zero-order valence-corrected chi connectivity index (χ0v) is 19.9. The molecule has 1 aromatic rings. The van der Waals surface area contributed by atoms with Gasteiger partial charge in [-0.2, -0.15) is 0 Å². The highest BCUT2D eigenvalue weighted by Crippen LogP contribution is 2.25. The third-order valence-corrected chi connectivity index (χ3v) is 6.34. The number of amides is 1. The maximum Gasteiger partial charge on any atom is 0.410 e. The largest absolute Gasteiger partial charge is 0.444 e. The van der Waals surface area contributed by atoms with E-state index in [2.05, 4.69) is 17.4 Å². The standard InChI is InChI=1S/C24H38F2N4O2/c1-24(2,3)32-23(31)30-15-13-19(16-30)29(4)20(21(25)26)10-6-5-9-18-12-11-17-8-7-14-27-22(17)28-18/h11-12,19-21H,5-10,13-16H2,1-4H3,(H,27,28)/t19-,20+/m0/s1. The molecule has 0 aromatic carbocycles. The number of unbranched alkanes of at least 4 members (excludes halogenated alkanes) is 1. The van der Waals surface area contributed by atoms with Crippen LogP contribution in [-0.4, -0.2) is 71.7 Å². The summed E-state index contributed by atoms with van der Waals surface area (Å²) in [4.78, 5) is 20.4. The molecule has 32 heavy (non-hydrogen) atoms. The third kappa shape index (κ3) is 6.77. The Labute approximate surface area is 190 Å². The number of pyridine rings is 1. The minimum Gasteiger partial charge on any atom is -0.444 e. The fraction of sp³-hybridized carbons (Fsp3) is 0.750. The number of nitrogens with one attached hydrogen (secondary N) is 1. The lowest BCUT2D eigenvalue weighted by Gasteiger charge is -2.33. The van der Waals surface area contributed by atoms with Gasteiger partial charge in [0.25, 0.3) is 6.43 Å². The van der Waals surface area contributed by atoms with Crippen LogP contribution < -0.4 is 5.32 Å². The van der Waals surface area contributed by atoms with Crippen molar-refractivity contribution in [3.05, 3.63) is 23.4 Å². The maximum atomic E-state index is 13.9. The Morgan fingerprint density at radius 2 is 2.12 bits per heavy atom. The van der Waals surface area contributed by atoms with E-state index in [9.17, 15) is 13.6 Å². The molecule has 1 fully saturated rings. The molecule has 8 heteroatoms. The van der Waals surface area contributed by atoms with Gasteiger partial charge in [0.05, 0.1) is 6.04 Å². The molecule has 2 atom stereocenters. The minimum atomic E-state index is -2.42. The SMILES string of the molecule is CN([C@H]1CCN(C(=O)OC(C)(C)C)C1)[C@H](CCCCc1ccc2c(n1)NCCC2)C(F)F. The van der Waals surface area contributed by atoms with Crippen molar-refractivity contribution in [1.82, 2.24) is 14.8 Å². The first kappa shape index (κ1) is 24.7. The molecule has 0 bridgehead atoms. The number of aryl methyl sites for hydroxylation is 2. The van der Waals surface area contributed by atoms with Gasteiger partial charge in [-0.3, -0.25) is 4.90 Å². The molecule has 0 aliphatic carbocycles. The first-order valence-electron chi connectivity index (χ1n) is 11.8. The lowest BCUT2D eigenvalue weighted by molar-refractivity contribution is 0.00975. The number of hydrogen-bond acceptors (Lipinski definition) is 5. The lowest BCUT2D eigenvalue weighted by atomic mass is 10.0. The zero-order chi connectivity index (χ0) is 23.3. The molecular weight excluding hydrogens is 414 g/mol. The summed E-state index contributed by atoms with van der Waals surface area (Å²) in [5.41, 5.74) is 1.72. The predicted molar refractivity (Wildman–Crippen MR) is 122 cm³/mol. The lowest BCUT2D eigenvalue weighted by Crippen LogP contribution is -2.46. The molecule has 6 nitrogen and oxygen atoms in total. The summed E-state index contributed by atoms with van der Waals surface area (Å²) in [6, 6.07) is 3.31. The van der Waals surface area contributed by atoms with Crippen LogP contribution >= 0.6 is 0 Å². The Balaban J connectivity index is 1.46. The van der Waals surface area contributed by atoms with Gasteiger partial charge in [0.2, 0.25) is 0 Å². The van der Waals surface area contributed by atoms with Gasteiger partial charge in [-0.05, 0) is 78.0 Å². The number of likely N-dealkylation sites (N-methyl/N-ethyl adjacent to an activating group) is 1. The van der Waals surface area contributed by atoms with Gasteiger partial charge in [-0.25, -0.2) is 18.6 Å². The van der Waals surface area contributed by atoms with Crippen molar-refractivity contribution < 1.29 is 18.3 Å². The molecule has 1 saturated heterocycles. The molecule has 2 aliphatic rings. The number of likely N-dealkylation sites (tertiary alicyclic amines) is 1. The second-order valence-electron chi connectivity index (χ2n) is 10.0. The van der Waals surface area contributed by atoms with Crippen molar-refractivity contribution in [3.8, 4) is 0 Å². The predicted octanol–water partition coefficient (Wildman–Crippen LogP) is 4.73. The fourth-order valence-corrected chi connectivity index (χ4v) is 4.51. The highest BCUT2D eigenvalue weighted by atomic mass is 19.3. The summed E-state index contributed by atoms with van der Waals surface area (Å²) < 4.78 is 33.1. The van der Waals surface area contributed by atoms with E-state index in [4.69, 9.17) is 9.72 Å². The molecule has 0 saturated carbocycles. The summed E-state index contributed by atoms with van der Waals surface area (Å²) in [6.07, 6.45) is 2.87. The molecule has 0 unspecified atom stereocenters. The number of fused-ring (bicyclic) bond motifs is 1. The number of carbonyl (C=O) groups excluding carboxylic acids is 1. The summed E-state index contributed by atoms with van der Waals surface area (Å²) in [5.74, 6) is 0.981. The molecule has 180 valence electrons. The molecule has 3 heterocycles. The average Bonchev–Trinajstić information content (AvgIpc) is 3.22. The van der Waals surface area contributed by atoms with Crippen LogP contribution in [0.5, 0.6) is 0 Å². The second-order valence-corrected chi connectivity index (χ2v) is 10.0. The van der Waals surface area contributed by atoms with Crippen LogP contribution in [0.3, 0.4) is 0 Å². The van der Waals surface area contributed by atoms with Crippen molar-refractivity contribution in [1.29, 1.82) is 0 Å². The normalized spacial score (nSPS) is 19.8. The molecule has 2 aliphatic heterocycles. The van der Waals surface area contributed by atoms with E-state index in [1.165, 1.54) is 5.56 Å². The van der Waals surface area contributed by atoms with Crippen molar-refractivity contribution in [2.75, 3.05) is 32.0 Å². The quantitative estimate of drug-likeness (QED) is 0.578. The van der Waals surface area contributed by atoms with E-state index in [1.54, 1.807) is 16.8 Å². The molecule has 0 spiro atoms. The van der Waals surface area contributed by atoms with E-state index >= 15 is 0 Å². The molecular formula is C24H38F2N4O2. The van der Waals surface area contributed by atoms with Crippen LogP contribution in [0.2, 0.25) is 0 Å². The van der Waals surface area contributed by atoms with E-state index in [0.29, 0.717) is 32.4 Å². The Bertz CT molecular complexity index is 769. The Hall–Kier alpha value is -1.96. The van der Waals surface area contributed by atoms with Crippen molar-refractivity contribution in [3.63, 3.8) is 0 Å². The smallest absolute Gasteiger partial charge is 0.410 e. The molecule has 1 amide bonds. The van der Waals surface area contributed by atoms with Gasteiger partial charge in [0, 0.05) is 31.4 Å². The monoisotopic (exact) mass is 452 g/mol. The molecule has 0 radical (unpaired) electrons. The topological polar surface area (TPSA) is 57.7 Å². The number of nitrogens with zero attached hydrogens (tertiary/aromatic N) is 3. The van der Waals surface area contributed by atoms with Gasteiger partial charge in [-0.15, -0.1) is 0 Å². The van der Waals surface area contributed by atoms with Crippen molar-refractivity contribution in [2.45, 2.75) is 89.8 Å². The minimum absolute atomic E-state index is 0.0742. The zero-order valence-electron chi connectivity index (χ0n) is 19.9. The van der Waals surface area contributed by atoms with Gasteiger partial charge < -0.3 is 15.0 Å². The van der Waals surface area contributed by atoms with Crippen LogP contribution in [0.25, 0.3) is 0 Å². The fourth-order valence-electron chi connectivity index (χ4n) is 4.51. The number of halogens is 2. The van der Waals surface area contributed by atoms with Crippen molar-refractivity contribution in [2.24, 2.45) is 0 Å². The Morgan fingerprint density at radius 1 is 1.34 bits per heavy atom. The Morgan fingerprint density at radius 3 is 2.84 bits per heavy atom. The van der Waals surface area contributed by atoms with Crippen LogP contribution in [0.15, 0.2) is 12.1 Å². The van der Waals surface area contributed by atoms with Gasteiger partial charge >= 0.3 is 6.09 Å². The second kappa shape index (κ2) is 10.8. The van der Waals surface area contributed by atoms with E-state index in [1.807, 2.05) is 20.8 Å². The summed E-state index contributed by atoms with van der Waals surface area (Å²) in [6.45, 7) is 7.41. The van der Waals surface area contributed by atoms with Crippen LogP contribution in [0.4, 0.5) is 19.4 Å². The van der Waals surface area contributed by atoms with Crippen LogP contribution in [0.1, 0.15) is 64.1 Å². The summed E-state index contributed by atoms with van der Waals surface area (Å²) in [7, 11) is 1.76. The van der Waals surface area contributed by atoms with Gasteiger partial charge in [0.1, 0.15) is 11.4 Å². The summed E-state index contributed by atoms with van der Waals surface area (Å²) >= 11 is 0. The molecule has 1 N–H and O–H groups in total. The Kier molecular flexibility index (Phi) is 8.31. The average molecular weight is 453 g/mol. The van der Waals surface area contributed by atoms with Gasteiger partial charge in [0.15, 0.2) is 0 Å². The number of carbonyl (C=O) groups is 1. The first-order chi connectivity index (χ1) is 15.1. The third-order valence-electron chi connectivity index (χ3n) is 6.34. The number of hydrogen-bond donors (Lipinski definition) is 1. The van der Waals surface area contributed by atoms with Crippen molar-refractivity contribution >= 4 is 11.9 Å². The molecule has 1 aromatic heterocycles. The maximum absolute atomic E-state index is 13.9. The van der Waals surface area contributed by atoms with Crippen LogP contribution in [0, 0.1) is 0 Å². The highest BCUT2D eigenvalue weighted by molar-refractivity contribution is 5.68. The number of ether oxygens (including phenoxy) is 1. The first-order valence-corrected chi connectivity index (χ1v) is 11.8.